The number of hydrogen-bond acceptors (Lipinski definition) is 3. The van der Waals surface area contributed by atoms with Crippen molar-refractivity contribution in [3.8, 4) is 0 Å². The summed E-state index contributed by atoms with van der Waals surface area (Å²) in [6.45, 7) is 6.89. The van der Waals surface area contributed by atoms with Crippen molar-refractivity contribution in [3.05, 3.63) is 72.2 Å². The van der Waals surface area contributed by atoms with Gasteiger partial charge in [0.25, 0.3) is 10.0 Å². The van der Waals surface area contributed by atoms with Gasteiger partial charge in [0.15, 0.2) is 5.69 Å². The molecule has 0 spiro atoms. The van der Waals surface area contributed by atoms with E-state index in [2.05, 4.69) is 14.6 Å². The number of benzene rings is 2. The van der Waals surface area contributed by atoms with Gasteiger partial charge in [0.2, 0.25) is 0 Å². The molecule has 1 heterocycles. The molecule has 3 aromatic rings. The molecule has 0 saturated heterocycles. The Morgan fingerprint density at radius 3 is 2.45 bits per heavy atom. The number of nitrogens with one attached hydrogen (secondary N) is 1. The van der Waals surface area contributed by atoms with E-state index in [1.807, 2.05) is 12.1 Å². The topological polar surface area (TPSA) is 63.4 Å². The van der Waals surface area contributed by atoms with Gasteiger partial charge in [0.05, 0.1) is 22.7 Å². The molecular weight excluding hydrogens is 298 g/mol. The predicted molar refractivity (Wildman–Crippen MR) is 85.3 cm³/mol. The summed E-state index contributed by atoms with van der Waals surface area (Å²) >= 11 is 0. The van der Waals surface area contributed by atoms with Crippen molar-refractivity contribution >= 4 is 32.3 Å². The molecule has 1 aromatic heterocycles. The average molecular weight is 309 g/mol. The number of para-hydroxylation sites is 1. The first kappa shape index (κ1) is 14.0. The fraction of sp³-hybridized carbons (Fsp3) is 0. The van der Waals surface area contributed by atoms with E-state index >= 15 is 0 Å². The molecule has 5 nitrogen and oxygen atoms in total. The second-order valence-electron chi connectivity index (χ2n) is 4.59. The third-order valence-electron chi connectivity index (χ3n) is 3.15. The first-order valence-electron chi connectivity index (χ1n) is 6.44. The van der Waals surface area contributed by atoms with Crippen LogP contribution in [-0.2, 0) is 10.0 Å². The maximum absolute atomic E-state index is 12.4. The van der Waals surface area contributed by atoms with Crippen molar-refractivity contribution in [2.75, 3.05) is 4.72 Å². The molecule has 22 heavy (non-hydrogen) atoms. The molecule has 6 heteroatoms. The molecule has 0 atom stereocenters. The Labute approximate surface area is 128 Å². The summed E-state index contributed by atoms with van der Waals surface area (Å²) in [7, 11) is -3.72. The molecule has 0 unspecified atom stereocenters. The van der Waals surface area contributed by atoms with Gasteiger partial charge in [0, 0.05) is 11.6 Å². The standard InChI is InChI=1S/C16H11N3O2S/c1-17-13-7-9-14(10-8-13)22(20,21)19-15-6-2-4-12-5-3-11-18-16(12)15/h2-11,19H. The van der Waals surface area contributed by atoms with Crippen LogP contribution in [0.5, 0.6) is 0 Å². The van der Waals surface area contributed by atoms with Crippen molar-refractivity contribution in [2.45, 2.75) is 4.90 Å². The smallest absolute Gasteiger partial charge is 0.261 e. The van der Waals surface area contributed by atoms with Crippen molar-refractivity contribution in [1.82, 2.24) is 4.98 Å². The number of rotatable bonds is 3. The lowest BCUT2D eigenvalue weighted by atomic mass is 10.2. The zero-order chi connectivity index (χ0) is 15.6. The van der Waals surface area contributed by atoms with E-state index in [9.17, 15) is 8.42 Å². The lowest BCUT2D eigenvalue weighted by Gasteiger charge is -2.10. The molecule has 0 aliphatic carbocycles. The summed E-state index contributed by atoms with van der Waals surface area (Å²) in [5.74, 6) is 0. The number of fused-ring (bicyclic) bond motifs is 1. The van der Waals surface area contributed by atoms with Gasteiger partial charge < -0.3 is 0 Å². The van der Waals surface area contributed by atoms with Gasteiger partial charge in [-0.15, -0.1) is 0 Å². The van der Waals surface area contributed by atoms with Crippen LogP contribution in [0.1, 0.15) is 0 Å². The summed E-state index contributed by atoms with van der Waals surface area (Å²) in [5.41, 5.74) is 1.41. The molecule has 0 amide bonds. The first-order chi connectivity index (χ1) is 10.6. The van der Waals surface area contributed by atoms with Crippen LogP contribution in [0, 0.1) is 6.57 Å². The van der Waals surface area contributed by atoms with E-state index in [1.54, 1.807) is 24.4 Å². The van der Waals surface area contributed by atoms with E-state index in [1.165, 1.54) is 24.3 Å². The second kappa shape index (κ2) is 5.47. The zero-order valence-corrected chi connectivity index (χ0v) is 12.2. The summed E-state index contributed by atoms with van der Waals surface area (Å²) in [5, 5.41) is 0.853. The van der Waals surface area contributed by atoms with Gasteiger partial charge in [-0.2, -0.15) is 0 Å². The van der Waals surface area contributed by atoms with Gasteiger partial charge >= 0.3 is 0 Å². The van der Waals surface area contributed by atoms with E-state index in [-0.39, 0.29) is 4.90 Å². The van der Waals surface area contributed by atoms with E-state index < -0.39 is 10.0 Å². The fourth-order valence-electron chi connectivity index (χ4n) is 2.09. The molecule has 0 fully saturated rings. The van der Waals surface area contributed by atoms with Crippen molar-refractivity contribution < 1.29 is 8.42 Å². The molecule has 3 rings (SSSR count). The highest BCUT2D eigenvalue weighted by molar-refractivity contribution is 7.92. The first-order valence-corrected chi connectivity index (χ1v) is 7.92. The van der Waals surface area contributed by atoms with Gasteiger partial charge in [-0.25, -0.2) is 13.3 Å². The third kappa shape index (κ3) is 2.62. The molecule has 0 radical (unpaired) electrons. The largest absolute Gasteiger partial charge is 0.277 e. The van der Waals surface area contributed by atoms with Crippen LogP contribution < -0.4 is 4.72 Å². The Kier molecular flexibility index (Phi) is 3.49. The number of aromatic nitrogens is 1. The summed E-state index contributed by atoms with van der Waals surface area (Å²) in [4.78, 5) is 7.57. The highest BCUT2D eigenvalue weighted by Gasteiger charge is 2.15. The zero-order valence-electron chi connectivity index (χ0n) is 11.4. The van der Waals surface area contributed by atoms with E-state index in [4.69, 9.17) is 6.57 Å². The van der Waals surface area contributed by atoms with Crippen LogP contribution in [0.3, 0.4) is 0 Å². The minimum absolute atomic E-state index is 0.104. The lowest BCUT2D eigenvalue weighted by molar-refractivity contribution is 0.601. The average Bonchev–Trinajstić information content (AvgIpc) is 2.55. The second-order valence-corrected chi connectivity index (χ2v) is 6.27. The summed E-state index contributed by atoms with van der Waals surface area (Å²) in [6, 6.07) is 14.7. The van der Waals surface area contributed by atoms with Crippen molar-refractivity contribution in [2.24, 2.45) is 0 Å². The minimum Gasteiger partial charge on any atom is -0.277 e. The molecule has 0 aliphatic rings. The van der Waals surface area contributed by atoms with Gasteiger partial charge in [-0.3, -0.25) is 9.71 Å². The molecular formula is C16H11N3O2S. The van der Waals surface area contributed by atoms with Crippen LogP contribution >= 0.6 is 0 Å². The van der Waals surface area contributed by atoms with Gasteiger partial charge in [-0.1, -0.05) is 42.5 Å². The Hall–Kier alpha value is -2.91. The maximum Gasteiger partial charge on any atom is 0.261 e. The van der Waals surface area contributed by atoms with Crippen LogP contribution in [0.2, 0.25) is 0 Å². The number of anilines is 1. The highest BCUT2D eigenvalue weighted by Crippen LogP contribution is 2.24. The van der Waals surface area contributed by atoms with Crippen molar-refractivity contribution in [1.29, 1.82) is 0 Å². The number of sulfonamides is 1. The normalized spacial score (nSPS) is 11.0. The monoisotopic (exact) mass is 309 g/mol. The van der Waals surface area contributed by atoms with Crippen LogP contribution in [0.15, 0.2) is 65.7 Å². The fourth-order valence-corrected chi connectivity index (χ4v) is 3.16. The van der Waals surface area contributed by atoms with E-state index in [0.29, 0.717) is 16.9 Å². The van der Waals surface area contributed by atoms with Crippen LogP contribution in [0.25, 0.3) is 15.7 Å². The number of pyridine rings is 1. The Balaban J connectivity index is 2.01. The Morgan fingerprint density at radius 2 is 1.73 bits per heavy atom. The highest BCUT2D eigenvalue weighted by atomic mass is 32.2. The number of nitrogens with zero attached hydrogens (tertiary/aromatic N) is 2. The van der Waals surface area contributed by atoms with Gasteiger partial charge in [0.1, 0.15) is 0 Å². The molecule has 0 saturated carbocycles. The van der Waals surface area contributed by atoms with Crippen LogP contribution in [-0.4, -0.2) is 13.4 Å². The minimum atomic E-state index is -3.72. The molecule has 2 aromatic carbocycles. The molecule has 108 valence electrons. The lowest BCUT2D eigenvalue weighted by Crippen LogP contribution is -2.13. The van der Waals surface area contributed by atoms with E-state index in [0.717, 1.165) is 5.39 Å². The van der Waals surface area contributed by atoms with Crippen molar-refractivity contribution in [3.63, 3.8) is 0 Å². The Bertz CT molecular complexity index is 969. The molecule has 0 aliphatic heterocycles. The summed E-state index contributed by atoms with van der Waals surface area (Å²) in [6.07, 6.45) is 1.62. The maximum atomic E-state index is 12.4. The SMILES string of the molecule is [C-]#[N+]c1ccc(S(=O)(=O)Nc2cccc3cccnc23)cc1. The molecule has 0 bridgehead atoms. The molecule has 1 N–H and O–H groups in total. The Morgan fingerprint density at radius 1 is 1.00 bits per heavy atom. The van der Waals surface area contributed by atoms with Gasteiger partial charge in [-0.05, 0) is 12.1 Å². The summed E-state index contributed by atoms with van der Waals surface area (Å²) < 4.78 is 27.4. The quantitative estimate of drug-likeness (QED) is 0.752. The third-order valence-corrected chi connectivity index (χ3v) is 4.53. The van der Waals surface area contributed by atoms with Crippen LogP contribution in [0.4, 0.5) is 11.4 Å². The number of hydrogen-bond donors (Lipinski definition) is 1. The predicted octanol–water partition coefficient (Wildman–Crippen LogP) is 3.59.